The van der Waals surface area contributed by atoms with E-state index in [1.165, 1.54) is 70.9 Å². The van der Waals surface area contributed by atoms with E-state index in [1.807, 2.05) is 43.2 Å². The van der Waals surface area contributed by atoms with Crippen molar-refractivity contribution in [2.75, 3.05) is 180 Å². The van der Waals surface area contributed by atoms with Gasteiger partial charge < -0.3 is 95.5 Å². The van der Waals surface area contributed by atoms with E-state index < -0.39 is 171 Å². The van der Waals surface area contributed by atoms with Crippen LogP contribution in [0.3, 0.4) is 0 Å². The minimum Gasteiger partial charge on any atom is -0.462 e. The summed E-state index contributed by atoms with van der Waals surface area (Å²) < 4.78 is 93.9. The standard InChI is InChI=1S/C64H98O32S8/c1-59(33-65,49(69)83-25-23-81-47(67)13-9-7-11-45-15-31-97-103-45)35-91-57(77)95-39-61(3,51(71)85-27-29-87-53(73)63(5)41-99-100-42-63)37-93-55(75)89-21-19-79-17-18-80-20-22-90-56(76)94-38-62(4,52(72)86-28-30-88-54(74)64(6)43-101-102-44-64)40-96-58(78)92-36-60(2,34-66)50(70)84-26-24-82-48(68)14-10-8-12-46-16-32-98-104-46/h45-46,65-66H,7-44H2,1-6H3. The molecule has 2 N–H and O–H groups in total. The zero-order valence-electron chi connectivity index (χ0n) is 59.4. The first kappa shape index (κ1) is 91.9. The number of carbonyl (C=O) groups is 12. The molecule has 40 heteroatoms. The topological polar surface area (TPSA) is 411 Å². The van der Waals surface area contributed by atoms with Crippen LogP contribution in [0.5, 0.6) is 0 Å². The van der Waals surface area contributed by atoms with Gasteiger partial charge in [-0.15, -0.1) is 0 Å². The lowest BCUT2D eigenvalue weighted by Gasteiger charge is -2.27. The molecule has 32 nitrogen and oxygen atoms in total. The van der Waals surface area contributed by atoms with Crippen molar-refractivity contribution >= 4 is 159 Å². The second kappa shape index (κ2) is 49.5. The van der Waals surface area contributed by atoms with Crippen LogP contribution in [0.1, 0.15) is 106 Å². The van der Waals surface area contributed by atoms with Gasteiger partial charge in [0.15, 0.2) is 0 Å². The number of aliphatic hydroxyl groups excluding tert-OH is 2. The maximum absolute atomic E-state index is 13.5. The Balaban J connectivity index is 1.16. The van der Waals surface area contributed by atoms with E-state index >= 15 is 0 Å². The molecule has 4 saturated heterocycles. The number of unbranched alkanes of at least 4 members (excludes halogenated alkanes) is 2. The second-order valence-electron chi connectivity index (χ2n) is 25.8. The van der Waals surface area contributed by atoms with Gasteiger partial charge in [-0.2, -0.15) is 0 Å². The van der Waals surface area contributed by atoms with Crippen molar-refractivity contribution in [3.8, 4) is 0 Å². The highest BCUT2D eigenvalue weighted by Gasteiger charge is 2.45. The number of esters is 8. The average Bonchev–Trinajstić information content (AvgIpc) is 1.33. The summed E-state index contributed by atoms with van der Waals surface area (Å²) in [5.74, 6) is -1.58. The Labute approximate surface area is 636 Å². The third kappa shape index (κ3) is 35.2. The van der Waals surface area contributed by atoms with Crippen molar-refractivity contribution in [3.63, 3.8) is 0 Å². The summed E-state index contributed by atoms with van der Waals surface area (Å²) >= 11 is 0. The summed E-state index contributed by atoms with van der Waals surface area (Å²) in [6.07, 6.45) is 2.51. The van der Waals surface area contributed by atoms with Crippen molar-refractivity contribution in [1.82, 2.24) is 0 Å². The molecule has 6 unspecified atom stereocenters. The number of hydrogen-bond acceptors (Lipinski definition) is 40. The molecule has 0 saturated carbocycles. The lowest BCUT2D eigenvalue weighted by Crippen LogP contribution is -2.42. The number of carbonyl (C=O) groups excluding carboxylic acids is 12. The molecule has 0 aromatic rings. The molecular weight excluding hydrogens is 1540 g/mol. The smallest absolute Gasteiger partial charge is 0.462 e. The summed E-state index contributed by atoms with van der Waals surface area (Å²) in [6.45, 7) is -1.74. The van der Waals surface area contributed by atoms with Gasteiger partial charge in [-0.3, -0.25) is 38.4 Å². The molecule has 0 aliphatic carbocycles. The van der Waals surface area contributed by atoms with E-state index in [-0.39, 0.29) is 92.1 Å². The first-order valence-corrected chi connectivity index (χ1v) is 43.3. The highest BCUT2D eigenvalue weighted by Crippen LogP contribution is 2.45. The van der Waals surface area contributed by atoms with Gasteiger partial charge in [-0.1, -0.05) is 99.2 Å². The molecule has 594 valence electrons. The molecule has 0 radical (unpaired) electrons. The number of ether oxygens (including phenoxy) is 18. The maximum Gasteiger partial charge on any atom is 0.508 e. The molecular formula is C64H98O32S8. The summed E-state index contributed by atoms with van der Waals surface area (Å²) in [4.78, 5) is 154. The van der Waals surface area contributed by atoms with Crippen LogP contribution in [-0.4, -0.2) is 273 Å². The molecule has 4 rings (SSSR count). The Kier molecular flexibility index (Phi) is 43.7. The van der Waals surface area contributed by atoms with E-state index in [0.717, 1.165) is 50.0 Å². The van der Waals surface area contributed by atoms with Gasteiger partial charge in [-0.25, -0.2) is 19.2 Å². The van der Waals surface area contributed by atoms with E-state index in [0.29, 0.717) is 46.4 Å². The zero-order chi connectivity index (χ0) is 76.3. The van der Waals surface area contributed by atoms with Gasteiger partial charge in [0.25, 0.3) is 0 Å². The van der Waals surface area contributed by atoms with Gasteiger partial charge in [0.05, 0.1) is 50.5 Å². The van der Waals surface area contributed by atoms with Crippen LogP contribution in [0.4, 0.5) is 19.2 Å². The van der Waals surface area contributed by atoms with E-state index in [4.69, 9.17) is 85.3 Å². The molecule has 0 aromatic heterocycles. The highest BCUT2D eigenvalue weighted by atomic mass is 33.1. The normalized spacial score (nSPS) is 18.8. The Hall–Kier alpha value is -4.52. The minimum atomic E-state index is -1.93. The van der Waals surface area contributed by atoms with Gasteiger partial charge >= 0.3 is 72.4 Å². The summed E-state index contributed by atoms with van der Waals surface area (Å²) in [5.41, 5.74) is -8.91. The molecule has 4 fully saturated rings. The lowest BCUT2D eigenvalue weighted by atomic mass is 9.93. The lowest BCUT2D eigenvalue weighted by molar-refractivity contribution is -0.168. The van der Waals surface area contributed by atoms with Gasteiger partial charge in [0, 0.05) is 57.9 Å². The largest absolute Gasteiger partial charge is 0.508 e. The van der Waals surface area contributed by atoms with Crippen molar-refractivity contribution in [3.05, 3.63) is 0 Å². The average molecular weight is 1640 g/mol. The number of rotatable bonds is 51. The Morgan fingerprint density at radius 2 is 0.606 bits per heavy atom. The SMILES string of the molecule is CC(CO)(COC(=O)OCC(C)(COC(=O)OCCOCCOCCOC(=O)OCC(C)(COC(=O)OCC(C)(CO)C(=O)OCCOC(=O)CCCCC1CCSS1)C(=O)OCCOC(=O)C1(C)CSSC1)C(=O)OCCOC(=O)C1(C)CSSC1)C(=O)OCCOC(=O)CCCCC1CCSS1. The Morgan fingerprint density at radius 1 is 0.337 bits per heavy atom. The zero-order valence-corrected chi connectivity index (χ0v) is 66.0. The van der Waals surface area contributed by atoms with Gasteiger partial charge in [-0.05, 0) is 80.1 Å². The van der Waals surface area contributed by atoms with Crippen LogP contribution in [-0.2, 0) is 124 Å². The third-order valence-electron chi connectivity index (χ3n) is 15.7. The highest BCUT2D eigenvalue weighted by molar-refractivity contribution is 8.78. The number of aliphatic hydroxyl groups is 2. The van der Waals surface area contributed by atoms with E-state index in [9.17, 15) is 67.7 Å². The molecule has 4 aliphatic rings. The first-order chi connectivity index (χ1) is 49.6. The van der Waals surface area contributed by atoms with Crippen LogP contribution in [0.25, 0.3) is 0 Å². The fraction of sp³-hybridized carbons (Fsp3) is 0.812. The quantitative estimate of drug-likeness (QED) is 0.0250. The summed E-state index contributed by atoms with van der Waals surface area (Å²) in [7, 11) is 13.5. The predicted molar refractivity (Wildman–Crippen MR) is 385 cm³/mol. The van der Waals surface area contributed by atoms with Crippen molar-refractivity contribution in [2.45, 2.75) is 116 Å². The van der Waals surface area contributed by atoms with Crippen molar-refractivity contribution < 1.29 is 153 Å². The fourth-order valence-corrected chi connectivity index (χ4v) is 21.2. The second-order valence-corrected chi connectivity index (χ2v) is 36.3. The fourth-order valence-electron chi connectivity index (χ4n) is 8.55. The molecule has 0 aromatic carbocycles. The molecule has 6 atom stereocenters. The van der Waals surface area contributed by atoms with Crippen LogP contribution in [0.15, 0.2) is 0 Å². The van der Waals surface area contributed by atoms with Crippen LogP contribution in [0, 0.1) is 32.5 Å². The van der Waals surface area contributed by atoms with Crippen molar-refractivity contribution in [2.24, 2.45) is 32.5 Å². The molecule has 0 bridgehead atoms. The maximum atomic E-state index is 13.5. The van der Waals surface area contributed by atoms with E-state index in [2.05, 4.69) is 0 Å². The molecule has 0 spiro atoms. The monoisotopic (exact) mass is 1630 g/mol. The Morgan fingerprint density at radius 3 is 0.913 bits per heavy atom. The minimum absolute atomic E-state index is 0.0529. The molecule has 4 heterocycles. The van der Waals surface area contributed by atoms with Crippen LogP contribution >= 0.6 is 86.4 Å². The predicted octanol–water partition coefficient (Wildman–Crippen LogP) is 8.22. The van der Waals surface area contributed by atoms with Gasteiger partial charge in [0.2, 0.25) is 0 Å². The third-order valence-corrected chi connectivity index (χ3v) is 27.5. The van der Waals surface area contributed by atoms with Gasteiger partial charge in [0.1, 0.15) is 127 Å². The first-order valence-electron chi connectivity index (χ1n) is 33.6. The Bertz CT molecular complexity index is 2540. The summed E-state index contributed by atoms with van der Waals surface area (Å²) in [5, 5.41) is 21.3. The summed E-state index contributed by atoms with van der Waals surface area (Å²) in [6, 6.07) is 0. The van der Waals surface area contributed by atoms with Crippen LogP contribution in [0.2, 0.25) is 0 Å². The molecule has 0 amide bonds. The van der Waals surface area contributed by atoms with Crippen molar-refractivity contribution in [1.29, 1.82) is 0 Å². The van der Waals surface area contributed by atoms with E-state index in [1.54, 1.807) is 13.8 Å². The molecule has 4 aliphatic heterocycles. The van der Waals surface area contributed by atoms with Crippen LogP contribution < -0.4 is 0 Å². The number of hydrogen-bond donors (Lipinski definition) is 2. The molecule has 104 heavy (non-hydrogen) atoms.